The molecule has 0 bridgehead atoms. The highest BCUT2D eigenvalue weighted by molar-refractivity contribution is 6.32. The summed E-state index contributed by atoms with van der Waals surface area (Å²) in [4.78, 5) is 30.8. The summed E-state index contributed by atoms with van der Waals surface area (Å²) in [5.41, 5.74) is -0.637. The quantitative estimate of drug-likeness (QED) is 0.874. The third-order valence-corrected chi connectivity index (χ3v) is 2.24. The maximum Gasteiger partial charge on any atom is 0.408 e. The zero-order chi connectivity index (χ0) is 16.0. The highest BCUT2D eigenvalue weighted by Crippen LogP contribution is 2.18. The molecule has 0 aliphatic heterocycles. The Morgan fingerprint density at radius 3 is 2.62 bits per heavy atom. The van der Waals surface area contributed by atoms with Gasteiger partial charge in [0.25, 0.3) is 0 Å². The second-order valence-corrected chi connectivity index (χ2v) is 5.31. The molecule has 1 heterocycles. The maximum absolute atomic E-state index is 11.7. The summed E-state index contributed by atoms with van der Waals surface area (Å²) in [6, 6.07) is 0. The lowest BCUT2D eigenvalue weighted by molar-refractivity contribution is -0.115. The summed E-state index contributed by atoms with van der Waals surface area (Å²) in [6.07, 6.45) is 0.622. The largest absolute Gasteiger partial charge is 0.480 e. The standard InChI is InChI=1S/C12H17ClN4O4/c1-12(2,3)21-11(19)15-5-7(18)16-10-9(13)14-6-8(17-10)20-4/h6H,5H2,1-4H3,(H,15,19)(H,16,17,18). The first-order valence-corrected chi connectivity index (χ1v) is 6.42. The molecule has 0 aliphatic rings. The van der Waals surface area contributed by atoms with Crippen LogP contribution in [0.1, 0.15) is 20.8 Å². The lowest BCUT2D eigenvalue weighted by Crippen LogP contribution is -2.37. The smallest absolute Gasteiger partial charge is 0.408 e. The third kappa shape index (κ3) is 6.26. The molecule has 1 aromatic rings. The van der Waals surface area contributed by atoms with E-state index in [4.69, 9.17) is 21.1 Å². The molecule has 0 saturated carbocycles. The number of ether oxygens (including phenoxy) is 2. The number of carbonyl (C=O) groups excluding carboxylic acids is 2. The average Bonchev–Trinajstić information content (AvgIpc) is 2.37. The number of amides is 2. The van der Waals surface area contributed by atoms with Gasteiger partial charge in [-0.2, -0.15) is 4.98 Å². The van der Waals surface area contributed by atoms with Crippen molar-refractivity contribution < 1.29 is 19.1 Å². The van der Waals surface area contributed by atoms with Crippen molar-refractivity contribution in [2.75, 3.05) is 19.0 Å². The minimum Gasteiger partial charge on any atom is -0.480 e. The Morgan fingerprint density at radius 2 is 2.05 bits per heavy atom. The molecule has 0 spiro atoms. The van der Waals surface area contributed by atoms with Crippen molar-refractivity contribution in [3.8, 4) is 5.88 Å². The predicted molar refractivity (Wildman–Crippen MR) is 76.5 cm³/mol. The van der Waals surface area contributed by atoms with Crippen LogP contribution in [-0.2, 0) is 9.53 Å². The fourth-order valence-electron chi connectivity index (χ4n) is 1.18. The number of hydrogen-bond donors (Lipinski definition) is 2. The van der Waals surface area contributed by atoms with Crippen LogP contribution < -0.4 is 15.4 Å². The van der Waals surface area contributed by atoms with E-state index in [0.29, 0.717) is 0 Å². The molecule has 2 amide bonds. The Balaban J connectivity index is 2.53. The van der Waals surface area contributed by atoms with Gasteiger partial charge in [0.2, 0.25) is 11.8 Å². The number of rotatable bonds is 4. The summed E-state index contributed by atoms with van der Waals surface area (Å²) in [5.74, 6) is -0.271. The number of hydrogen-bond acceptors (Lipinski definition) is 6. The van der Waals surface area contributed by atoms with Gasteiger partial charge in [0.15, 0.2) is 11.0 Å². The molecule has 1 rings (SSSR count). The van der Waals surface area contributed by atoms with Gasteiger partial charge in [-0.15, -0.1) is 0 Å². The highest BCUT2D eigenvalue weighted by atomic mass is 35.5. The summed E-state index contributed by atoms with van der Waals surface area (Å²) >= 11 is 5.79. The molecule has 0 radical (unpaired) electrons. The average molecular weight is 317 g/mol. The van der Waals surface area contributed by atoms with Crippen molar-refractivity contribution in [1.29, 1.82) is 0 Å². The number of halogens is 1. The van der Waals surface area contributed by atoms with Crippen LogP contribution in [0.15, 0.2) is 6.20 Å². The molecular weight excluding hydrogens is 300 g/mol. The number of alkyl carbamates (subject to hydrolysis) is 1. The molecule has 0 atom stereocenters. The molecule has 8 nitrogen and oxygen atoms in total. The summed E-state index contributed by atoms with van der Waals surface area (Å²) in [5, 5.41) is 4.74. The van der Waals surface area contributed by atoms with Gasteiger partial charge in [-0.05, 0) is 20.8 Å². The number of anilines is 1. The number of nitrogens with one attached hydrogen (secondary N) is 2. The number of methoxy groups -OCH3 is 1. The Bertz CT molecular complexity index is 530. The van der Waals surface area contributed by atoms with Crippen LogP contribution >= 0.6 is 11.6 Å². The van der Waals surface area contributed by atoms with E-state index in [1.807, 2.05) is 0 Å². The minimum atomic E-state index is -0.694. The van der Waals surface area contributed by atoms with Crippen LogP contribution in [-0.4, -0.2) is 41.2 Å². The molecule has 0 aliphatic carbocycles. The predicted octanol–water partition coefficient (Wildman–Crippen LogP) is 1.60. The lowest BCUT2D eigenvalue weighted by atomic mass is 10.2. The molecule has 21 heavy (non-hydrogen) atoms. The Morgan fingerprint density at radius 1 is 1.38 bits per heavy atom. The Hall–Kier alpha value is -2.09. The fraction of sp³-hybridized carbons (Fsp3) is 0.500. The van der Waals surface area contributed by atoms with Crippen LogP contribution in [0.3, 0.4) is 0 Å². The molecule has 116 valence electrons. The van der Waals surface area contributed by atoms with Gasteiger partial charge in [-0.1, -0.05) is 11.6 Å². The Kier molecular flexibility index (Phi) is 5.71. The fourth-order valence-corrected chi connectivity index (χ4v) is 1.32. The van der Waals surface area contributed by atoms with E-state index in [0.717, 1.165) is 0 Å². The summed E-state index contributed by atoms with van der Waals surface area (Å²) in [6.45, 7) is 4.87. The summed E-state index contributed by atoms with van der Waals surface area (Å²) in [7, 11) is 1.41. The van der Waals surface area contributed by atoms with Gasteiger partial charge in [0.1, 0.15) is 12.1 Å². The van der Waals surface area contributed by atoms with Crippen LogP contribution in [0.2, 0.25) is 5.15 Å². The van der Waals surface area contributed by atoms with Gasteiger partial charge in [0.05, 0.1) is 13.3 Å². The third-order valence-electron chi connectivity index (χ3n) is 1.96. The number of aromatic nitrogens is 2. The first-order chi connectivity index (χ1) is 9.71. The molecule has 9 heteroatoms. The minimum absolute atomic E-state index is 0.0152. The van der Waals surface area contributed by atoms with Crippen LogP contribution in [0.5, 0.6) is 5.88 Å². The van der Waals surface area contributed by atoms with Crippen molar-refractivity contribution in [1.82, 2.24) is 15.3 Å². The molecule has 0 aromatic carbocycles. The van der Waals surface area contributed by atoms with Gasteiger partial charge >= 0.3 is 6.09 Å². The van der Waals surface area contributed by atoms with Crippen molar-refractivity contribution in [2.24, 2.45) is 0 Å². The molecular formula is C12H17ClN4O4. The second-order valence-electron chi connectivity index (χ2n) is 4.96. The zero-order valence-corrected chi connectivity index (χ0v) is 12.9. The van der Waals surface area contributed by atoms with Crippen molar-refractivity contribution >= 4 is 29.4 Å². The SMILES string of the molecule is COc1cnc(Cl)c(NC(=O)CNC(=O)OC(C)(C)C)n1. The normalized spacial score (nSPS) is 10.7. The Labute approximate surface area is 127 Å². The van der Waals surface area contributed by atoms with E-state index in [1.54, 1.807) is 20.8 Å². The second kappa shape index (κ2) is 7.07. The van der Waals surface area contributed by atoms with Crippen molar-refractivity contribution in [3.63, 3.8) is 0 Å². The molecule has 1 aromatic heterocycles. The first kappa shape index (κ1) is 17.0. The molecule has 0 fully saturated rings. The molecule has 2 N–H and O–H groups in total. The highest BCUT2D eigenvalue weighted by Gasteiger charge is 2.17. The van der Waals surface area contributed by atoms with Crippen LogP contribution in [0, 0.1) is 0 Å². The van der Waals surface area contributed by atoms with E-state index >= 15 is 0 Å². The van der Waals surface area contributed by atoms with Gasteiger partial charge in [-0.3, -0.25) is 4.79 Å². The molecule has 0 unspecified atom stereocenters. The van der Waals surface area contributed by atoms with Crippen molar-refractivity contribution in [2.45, 2.75) is 26.4 Å². The van der Waals surface area contributed by atoms with Crippen LogP contribution in [0.4, 0.5) is 10.6 Å². The zero-order valence-electron chi connectivity index (χ0n) is 12.2. The van der Waals surface area contributed by atoms with Crippen LogP contribution in [0.25, 0.3) is 0 Å². The topological polar surface area (TPSA) is 102 Å². The van der Waals surface area contributed by atoms with Gasteiger partial charge in [-0.25, -0.2) is 9.78 Å². The van der Waals surface area contributed by atoms with Gasteiger partial charge in [0, 0.05) is 0 Å². The van der Waals surface area contributed by atoms with E-state index in [1.165, 1.54) is 13.3 Å². The van der Waals surface area contributed by atoms with E-state index < -0.39 is 17.6 Å². The van der Waals surface area contributed by atoms with Crippen molar-refractivity contribution in [3.05, 3.63) is 11.3 Å². The molecule has 0 saturated heterocycles. The maximum atomic E-state index is 11.7. The van der Waals surface area contributed by atoms with E-state index in [-0.39, 0.29) is 23.4 Å². The van der Waals surface area contributed by atoms with E-state index in [2.05, 4.69) is 20.6 Å². The lowest BCUT2D eigenvalue weighted by Gasteiger charge is -2.19. The monoisotopic (exact) mass is 316 g/mol. The number of nitrogens with zero attached hydrogens (tertiary/aromatic N) is 2. The van der Waals surface area contributed by atoms with E-state index in [9.17, 15) is 9.59 Å². The number of carbonyl (C=O) groups is 2. The summed E-state index contributed by atoms with van der Waals surface area (Å²) < 4.78 is 9.87. The first-order valence-electron chi connectivity index (χ1n) is 6.04. The van der Waals surface area contributed by atoms with Gasteiger partial charge < -0.3 is 20.1 Å².